The summed E-state index contributed by atoms with van der Waals surface area (Å²) < 4.78 is 44.3. The van der Waals surface area contributed by atoms with Gasteiger partial charge in [0, 0.05) is 13.4 Å². The van der Waals surface area contributed by atoms with Crippen LogP contribution in [0.4, 0.5) is 13.2 Å². The predicted octanol–water partition coefficient (Wildman–Crippen LogP) is 5.25. The van der Waals surface area contributed by atoms with E-state index in [-0.39, 0.29) is 4.90 Å². The Bertz CT molecular complexity index is 684. The van der Waals surface area contributed by atoms with Crippen molar-refractivity contribution in [1.82, 2.24) is 0 Å². The first kappa shape index (κ1) is 17.1. The minimum Gasteiger partial charge on any atom is -0.465 e. The van der Waals surface area contributed by atoms with Gasteiger partial charge < -0.3 is 4.74 Å². The fourth-order valence-corrected chi connectivity index (χ4v) is 3.15. The van der Waals surface area contributed by atoms with Crippen molar-refractivity contribution in [1.29, 1.82) is 0 Å². The molecule has 0 saturated carbocycles. The number of benzene rings is 2. The van der Waals surface area contributed by atoms with Crippen molar-refractivity contribution < 1.29 is 22.7 Å². The highest BCUT2D eigenvalue weighted by Crippen LogP contribution is 2.40. The minimum atomic E-state index is -4.41. The topological polar surface area (TPSA) is 26.3 Å². The molecule has 0 spiro atoms. The van der Waals surface area contributed by atoms with Crippen LogP contribution in [0.15, 0.2) is 52.3 Å². The van der Waals surface area contributed by atoms with Gasteiger partial charge in [-0.3, -0.25) is 0 Å². The van der Waals surface area contributed by atoms with Crippen LogP contribution >= 0.6 is 34.4 Å². The summed E-state index contributed by atoms with van der Waals surface area (Å²) in [6.45, 7) is 0. The van der Waals surface area contributed by atoms with Gasteiger partial charge in [-0.05, 0) is 65.1 Å². The normalized spacial score (nSPS) is 11.3. The SMILES string of the molecule is COC(=O)c1ccc(Sc2ccc(I)cc2C(F)(F)F)cc1. The van der Waals surface area contributed by atoms with Crippen molar-refractivity contribution in [3.05, 3.63) is 57.2 Å². The van der Waals surface area contributed by atoms with E-state index in [0.29, 0.717) is 14.0 Å². The third-order valence-electron chi connectivity index (χ3n) is 2.75. The lowest BCUT2D eigenvalue weighted by Gasteiger charge is -2.13. The first-order valence-electron chi connectivity index (χ1n) is 6.04. The Labute approximate surface area is 143 Å². The highest BCUT2D eigenvalue weighted by Gasteiger charge is 2.33. The average molecular weight is 438 g/mol. The number of hydrogen-bond acceptors (Lipinski definition) is 3. The second-order valence-corrected chi connectivity index (χ2v) is 6.62. The Balaban J connectivity index is 2.29. The van der Waals surface area contributed by atoms with Gasteiger partial charge in [-0.1, -0.05) is 11.8 Å². The monoisotopic (exact) mass is 438 g/mol. The van der Waals surface area contributed by atoms with E-state index >= 15 is 0 Å². The van der Waals surface area contributed by atoms with Crippen LogP contribution in [0.1, 0.15) is 15.9 Å². The molecule has 0 aromatic heterocycles. The molecule has 0 fully saturated rings. The van der Waals surface area contributed by atoms with E-state index in [1.807, 2.05) is 22.6 Å². The van der Waals surface area contributed by atoms with E-state index in [1.54, 1.807) is 18.2 Å². The molecule has 0 bridgehead atoms. The Morgan fingerprint density at radius 1 is 1.14 bits per heavy atom. The lowest BCUT2D eigenvalue weighted by Crippen LogP contribution is -2.07. The van der Waals surface area contributed by atoms with E-state index in [1.165, 1.54) is 25.3 Å². The molecule has 116 valence electrons. The van der Waals surface area contributed by atoms with Gasteiger partial charge in [-0.15, -0.1) is 0 Å². The van der Waals surface area contributed by atoms with Crippen molar-refractivity contribution in [3.8, 4) is 0 Å². The molecule has 0 aliphatic heterocycles. The fourth-order valence-electron chi connectivity index (χ4n) is 1.72. The van der Waals surface area contributed by atoms with Crippen LogP contribution in [0.5, 0.6) is 0 Å². The maximum absolute atomic E-state index is 13.1. The number of ether oxygens (including phenoxy) is 1. The molecule has 0 amide bonds. The van der Waals surface area contributed by atoms with Crippen molar-refractivity contribution in [2.24, 2.45) is 0 Å². The largest absolute Gasteiger partial charge is 0.465 e. The second-order valence-electron chi connectivity index (χ2n) is 4.26. The molecule has 0 aliphatic carbocycles. The number of rotatable bonds is 3. The third kappa shape index (κ3) is 4.16. The van der Waals surface area contributed by atoms with Gasteiger partial charge in [0.15, 0.2) is 0 Å². The van der Waals surface area contributed by atoms with E-state index < -0.39 is 17.7 Å². The zero-order chi connectivity index (χ0) is 16.3. The van der Waals surface area contributed by atoms with Crippen molar-refractivity contribution in [2.45, 2.75) is 16.0 Å². The molecule has 2 nitrogen and oxygen atoms in total. The molecule has 0 heterocycles. The highest BCUT2D eigenvalue weighted by molar-refractivity contribution is 14.1. The fraction of sp³-hybridized carbons (Fsp3) is 0.133. The molecule has 2 rings (SSSR count). The number of methoxy groups -OCH3 is 1. The van der Waals surface area contributed by atoms with Gasteiger partial charge in [-0.2, -0.15) is 13.2 Å². The van der Waals surface area contributed by atoms with Crippen molar-refractivity contribution in [3.63, 3.8) is 0 Å². The Morgan fingerprint density at radius 3 is 2.32 bits per heavy atom. The lowest BCUT2D eigenvalue weighted by atomic mass is 10.2. The van der Waals surface area contributed by atoms with Gasteiger partial charge in [0.25, 0.3) is 0 Å². The molecule has 7 heteroatoms. The molecule has 2 aromatic carbocycles. The number of hydrogen-bond donors (Lipinski definition) is 0. The zero-order valence-corrected chi connectivity index (χ0v) is 14.3. The summed E-state index contributed by atoms with van der Waals surface area (Å²) in [5, 5.41) is 0. The van der Waals surface area contributed by atoms with E-state index in [4.69, 9.17) is 0 Å². The molecule has 0 N–H and O–H groups in total. The maximum atomic E-state index is 13.1. The molecule has 22 heavy (non-hydrogen) atoms. The van der Waals surface area contributed by atoms with Crippen LogP contribution in [0.2, 0.25) is 0 Å². The number of carbonyl (C=O) groups excluding carboxylic acids is 1. The quantitative estimate of drug-likeness (QED) is 0.484. The smallest absolute Gasteiger partial charge is 0.417 e. The van der Waals surface area contributed by atoms with E-state index in [0.717, 1.165) is 17.8 Å². The highest BCUT2D eigenvalue weighted by atomic mass is 127. The number of alkyl halides is 3. The molecule has 0 unspecified atom stereocenters. The van der Waals surface area contributed by atoms with Gasteiger partial charge in [0.1, 0.15) is 0 Å². The minimum absolute atomic E-state index is 0.124. The number of carbonyl (C=O) groups is 1. The summed E-state index contributed by atoms with van der Waals surface area (Å²) in [5.74, 6) is -0.484. The first-order chi connectivity index (χ1) is 10.3. The van der Waals surface area contributed by atoms with Crippen molar-refractivity contribution >= 4 is 40.3 Å². The summed E-state index contributed by atoms with van der Waals surface area (Å²) in [6, 6.07) is 10.4. The van der Waals surface area contributed by atoms with Gasteiger partial charge >= 0.3 is 12.1 Å². The summed E-state index contributed by atoms with van der Waals surface area (Å²) in [5.41, 5.74) is -0.313. The van der Waals surface area contributed by atoms with Crippen LogP contribution in [-0.2, 0) is 10.9 Å². The van der Waals surface area contributed by atoms with Crippen molar-refractivity contribution in [2.75, 3.05) is 7.11 Å². The molecule has 0 aliphatic rings. The molecule has 0 radical (unpaired) electrons. The summed E-state index contributed by atoms with van der Waals surface area (Å²) in [4.78, 5) is 12.1. The third-order valence-corrected chi connectivity index (χ3v) is 4.51. The average Bonchev–Trinajstić information content (AvgIpc) is 2.48. The summed E-state index contributed by atoms with van der Waals surface area (Å²) in [6.07, 6.45) is -4.41. The Morgan fingerprint density at radius 2 is 1.77 bits per heavy atom. The second kappa shape index (κ2) is 6.91. The molecular formula is C15H10F3IO2S. The van der Waals surface area contributed by atoms with Gasteiger partial charge in [-0.25, -0.2) is 4.79 Å². The summed E-state index contributed by atoms with van der Waals surface area (Å²) in [7, 11) is 1.27. The molecule has 2 aromatic rings. The molecular weight excluding hydrogens is 428 g/mol. The maximum Gasteiger partial charge on any atom is 0.417 e. The Kier molecular flexibility index (Phi) is 5.38. The standard InChI is InChI=1S/C15H10F3IO2S/c1-21-14(20)9-2-5-11(6-3-9)22-13-7-4-10(19)8-12(13)15(16,17)18/h2-8H,1H3. The van der Waals surface area contributed by atoms with Crippen LogP contribution in [0.3, 0.4) is 0 Å². The first-order valence-corrected chi connectivity index (χ1v) is 7.94. The number of halogens is 4. The number of esters is 1. The van der Waals surface area contributed by atoms with Crippen LogP contribution < -0.4 is 0 Å². The van der Waals surface area contributed by atoms with Crippen LogP contribution in [-0.4, -0.2) is 13.1 Å². The van der Waals surface area contributed by atoms with Crippen LogP contribution in [0.25, 0.3) is 0 Å². The Hall–Kier alpha value is -1.22. The lowest BCUT2D eigenvalue weighted by molar-refractivity contribution is -0.139. The molecule has 0 saturated heterocycles. The molecule has 0 atom stereocenters. The zero-order valence-electron chi connectivity index (χ0n) is 11.3. The van der Waals surface area contributed by atoms with E-state index in [9.17, 15) is 18.0 Å². The summed E-state index contributed by atoms with van der Waals surface area (Å²) >= 11 is 2.85. The van der Waals surface area contributed by atoms with Gasteiger partial charge in [0.05, 0.1) is 18.2 Å². The van der Waals surface area contributed by atoms with E-state index in [2.05, 4.69) is 4.74 Å². The predicted molar refractivity (Wildman–Crippen MR) is 86.1 cm³/mol. The van der Waals surface area contributed by atoms with Gasteiger partial charge in [0.2, 0.25) is 0 Å². The van der Waals surface area contributed by atoms with Crippen LogP contribution in [0, 0.1) is 3.57 Å².